The van der Waals surface area contributed by atoms with Crippen molar-refractivity contribution in [2.45, 2.75) is 25.4 Å². The number of benzene rings is 1. The molecule has 0 spiro atoms. The number of ether oxygens (including phenoxy) is 1. The highest BCUT2D eigenvalue weighted by Gasteiger charge is 2.17. The van der Waals surface area contributed by atoms with E-state index in [2.05, 4.69) is 4.90 Å². The summed E-state index contributed by atoms with van der Waals surface area (Å²) in [6.45, 7) is 2.56. The molecule has 1 saturated heterocycles. The molecule has 0 amide bonds. The minimum atomic E-state index is -0.195. The van der Waals surface area contributed by atoms with Gasteiger partial charge in [0.25, 0.3) is 0 Å². The predicted molar refractivity (Wildman–Crippen MR) is 65.4 cm³/mol. The number of hydrogen-bond donors (Lipinski definition) is 1. The van der Waals surface area contributed by atoms with Gasteiger partial charge in [0.2, 0.25) is 0 Å². The molecule has 0 saturated carbocycles. The lowest BCUT2D eigenvalue weighted by atomic mass is 10.1. The van der Waals surface area contributed by atoms with Crippen LogP contribution in [0.25, 0.3) is 0 Å². The minimum Gasteiger partial charge on any atom is -0.497 e. The van der Waals surface area contributed by atoms with Gasteiger partial charge in [0.05, 0.1) is 7.11 Å². The molecule has 94 valence electrons. The van der Waals surface area contributed by atoms with Gasteiger partial charge in [-0.2, -0.15) is 0 Å². The molecule has 0 aromatic heterocycles. The third kappa shape index (κ3) is 3.17. The van der Waals surface area contributed by atoms with E-state index in [9.17, 15) is 4.39 Å². The number of likely N-dealkylation sites (tertiary alicyclic amines) is 1. The van der Waals surface area contributed by atoms with E-state index in [1.54, 1.807) is 19.2 Å². The van der Waals surface area contributed by atoms with Crippen molar-refractivity contribution in [3.05, 3.63) is 29.6 Å². The Morgan fingerprint density at radius 2 is 2.12 bits per heavy atom. The van der Waals surface area contributed by atoms with Crippen LogP contribution in [0.2, 0.25) is 0 Å². The van der Waals surface area contributed by atoms with Crippen molar-refractivity contribution in [3.63, 3.8) is 0 Å². The molecule has 0 atom stereocenters. The van der Waals surface area contributed by atoms with Crippen LogP contribution in [0.1, 0.15) is 18.4 Å². The second-order valence-electron chi connectivity index (χ2n) is 4.57. The van der Waals surface area contributed by atoms with E-state index in [0.717, 1.165) is 31.5 Å². The Bertz CT molecular complexity index is 376. The molecule has 1 heterocycles. The number of nitrogens with zero attached hydrogens (tertiary/aromatic N) is 1. The predicted octanol–water partition coefficient (Wildman–Crippen LogP) is 1.76. The maximum atomic E-state index is 13.7. The average Bonchev–Trinajstić information content (AvgIpc) is 2.34. The van der Waals surface area contributed by atoms with Crippen LogP contribution in [0.3, 0.4) is 0 Å². The molecule has 0 unspecified atom stereocenters. The van der Waals surface area contributed by atoms with Crippen molar-refractivity contribution in [2.75, 3.05) is 20.2 Å². The van der Waals surface area contributed by atoms with E-state index >= 15 is 0 Å². The Labute approximate surface area is 101 Å². The summed E-state index contributed by atoms with van der Waals surface area (Å²) in [5.41, 5.74) is 6.56. The first-order valence-corrected chi connectivity index (χ1v) is 5.99. The van der Waals surface area contributed by atoms with Gasteiger partial charge < -0.3 is 10.5 Å². The summed E-state index contributed by atoms with van der Waals surface area (Å²) in [6, 6.07) is 5.34. The molecule has 17 heavy (non-hydrogen) atoms. The van der Waals surface area contributed by atoms with Gasteiger partial charge >= 0.3 is 0 Å². The molecule has 0 bridgehead atoms. The Morgan fingerprint density at radius 3 is 2.71 bits per heavy atom. The van der Waals surface area contributed by atoms with Gasteiger partial charge in [-0.05, 0) is 32.0 Å². The Hall–Kier alpha value is -1.13. The normalized spacial score (nSPS) is 18.3. The maximum Gasteiger partial charge on any atom is 0.131 e. The fourth-order valence-corrected chi connectivity index (χ4v) is 2.14. The highest BCUT2D eigenvalue weighted by molar-refractivity contribution is 5.28. The third-order valence-corrected chi connectivity index (χ3v) is 3.29. The maximum absolute atomic E-state index is 13.7. The summed E-state index contributed by atoms with van der Waals surface area (Å²) in [6.07, 6.45) is 2.00. The molecule has 4 heteroatoms. The van der Waals surface area contributed by atoms with Crippen molar-refractivity contribution in [1.82, 2.24) is 4.90 Å². The fraction of sp³-hybridized carbons (Fsp3) is 0.538. The number of halogens is 1. The van der Waals surface area contributed by atoms with E-state index < -0.39 is 0 Å². The van der Waals surface area contributed by atoms with E-state index in [1.165, 1.54) is 6.07 Å². The summed E-state index contributed by atoms with van der Waals surface area (Å²) >= 11 is 0. The number of methoxy groups -OCH3 is 1. The molecule has 1 aliphatic rings. The number of piperidine rings is 1. The van der Waals surface area contributed by atoms with E-state index in [4.69, 9.17) is 10.5 Å². The van der Waals surface area contributed by atoms with Crippen LogP contribution in [-0.4, -0.2) is 31.1 Å². The summed E-state index contributed by atoms with van der Waals surface area (Å²) in [7, 11) is 1.54. The Balaban J connectivity index is 1.99. The van der Waals surface area contributed by atoms with Crippen LogP contribution in [0, 0.1) is 5.82 Å². The van der Waals surface area contributed by atoms with Crippen LogP contribution in [0.5, 0.6) is 5.75 Å². The second-order valence-corrected chi connectivity index (χ2v) is 4.57. The Morgan fingerprint density at radius 1 is 1.41 bits per heavy atom. The molecule has 2 N–H and O–H groups in total. The molecular weight excluding hydrogens is 219 g/mol. The summed E-state index contributed by atoms with van der Waals surface area (Å²) in [5, 5.41) is 0. The van der Waals surface area contributed by atoms with Crippen LogP contribution in [0.4, 0.5) is 4.39 Å². The molecular formula is C13H19FN2O. The number of rotatable bonds is 3. The van der Waals surface area contributed by atoms with E-state index in [0.29, 0.717) is 18.3 Å². The first kappa shape index (κ1) is 12.3. The zero-order chi connectivity index (χ0) is 12.3. The van der Waals surface area contributed by atoms with Crippen LogP contribution in [0.15, 0.2) is 18.2 Å². The first-order chi connectivity index (χ1) is 8.19. The Kier molecular flexibility index (Phi) is 3.97. The summed E-state index contributed by atoms with van der Waals surface area (Å²) in [4.78, 5) is 2.24. The van der Waals surface area contributed by atoms with Gasteiger partial charge in [-0.15, -0.1) is 0 Å². The molecule has 2 rings (SSSR count). The van der Waals surface area contributed by atoms with Crippen LogP contribution in [-0.2, 0) is 6.54 Å². The van der Waals surface area contributed by atoms with Gasteiger partial charge in [0.15, 0.2) is 0 Å². The van der Waals surface area contributed by atoms with Crippen LogP contribution >= 0.6 is 0 Å². The standard InChI is InChI=1S/C13H19FN2O/c1-17-12-3-2-10(13(14)8-12)9-16-6-4-11(15)5-7-16/h2-3,8,11H,4-7,9,15H2,1H3. The van der Waals surface area contributed by atoms with E-state index in [-0.39, 0.29) is 5.82 Å². The van der Waals surface area contributed by atoms with Gasteiger partial charge in [0, 0.05) is 24.2 Å². The largest absolute Gasteiger partial charge is 0.497 e. The van der Waals surface area contributed by atoms with E-state index in [1.807, 2.05) is 0 Å². The number of hydrogen-bond acceptors (Lipinski definition) is 3. The fourth-order valence-electron chi connectivity index (χ4n) is 2.14. The highest BCUT2D eigenvalue weighted by Crippen LogP contribution is 2.19. The monoisotopic (exact) mass is 238 g/mol. The van der Waals surface area contributed by atoms with Gasteiger partial charge in [-0.25, -0.2) is 4.39 Å². The molecule has 0 aliphatic carbocycles. The van der Waals surface area contributed by atoms with Crippen molar-refractivity contribution >= 4 is 0 Å². The first-order valence-electron chi connectivity index (χ1n) is 5.99. The zero-order valence-corrected chi connectivity index (χ0v) is 10.2. The highest BCUT2D eigenvalue weighted by atomic mass is 19.1. The van der Waals surface area contributed by atoms with Crippen molar-refractivity contribution in [3.8, 4) is 5.75 Å². The lowest BCUT2D eigenvalue weighted by Gasteiger charge is -2.30. The molecule has 1 aliphatic heterocycles. The SMILES string of the molecule is COc1ccc(CN2CCC(N)CC2)c(F)c1. The smallest absolute Gasteiger partial charge is 0.131 e. The van der Waals surface area contributed by atoms with Crippen molar-refractivity contribution in [1.29, 1.82) is 0 Å². The topological polar surface area (TPSA) is 38.5 Å². The summed E-state index contributed by atoms with van der Waals surface area (Å²) in [5.74, 6) is 0.367. The lowest BCUT2D eigenvalue weighted by Crippen LogP contribution is -2.39. The average molecular weight is 238 g/mol. The zero-order valence-electron chi connectivity index (χ0n) is 10.2. The summed E-state index contributed by atoms with van der Waals surface area (Å²) < 4.78 is 18.7. The van der Waals surface area contributed by atoms with Gasteiger partial charge in [-0.1, -0.05) is 6.07 Å². The molecule has 3 nitrogen and oxygen atoms in total. The lowest BCUT2D eigenvalue weighted by molar-refractivity contribution is 0.203. The second kappa shape index (κ2) is 5.47. The minimum absolute atomic E-state index is 0.195. The molecule has 1 aromatic carbocycles. The van der Waals surface area contributed by atoms with Gasteiger partial charge in [-0.3, -0.25) is 4.90 Å². The van der Waals surface area contributed by atoms with Gasteiger partial charge in [0.1, 0.15) is 11.6 Å². The number of nitrogens with two attached hydrogens (primary N) is 1. The molecule has 1 aromatic rings. The van der Waals surface area contributed by atoms with Crippen molar-refractivity contribution in [2.24, 2.45) is 5.73 Å². The molecule has 1 fully saturated rings. The molecule has 0 radical (unpaired) electrons. The third-order valence-electron chi connectivity index (χ3n) is 3.29. The quantitative estimate of drug-likeness (QED) is 0.872. The van der Waals surface area contributed by atoms with Crippen molar-refractivity contribution < 1.29 is 9.13 Å². The van der Waals surface area contributed by atoms with Crippen LogP contribution < -0.4 is 10.5 Å².